The number of hydrogen-bond donors (Lipinski definition) is 0. The Morgan fingerprint density at radius 1 is 1.00 bits per heavy atom. The summed E-state index contributed by atoms with van der Waals surface area (Å²) in [6.45, 7) is 4.70. The van der Waals surface area contributed by atoms with Gasteiger partial charge >= 0.3 is 0 Å². The molecule has 26 heavy (non-hydrogen) atoms. The van der Waals surface area contributed by atoms with Crippen molar-refractivity contribution in [2.45, 2.75) is 49.9 Å². The quantitative estimate of drug-likeness (QED) is 0.751. The van der Waals surface area contributed by atoms with Gasteiger partial charge in [0, 0.05) is 37.6 Å². The van der Waals surface area contributed by atoms with Crippen molar-refractivity contribution in [3.05, 3.63) is 35.9 Å². The summed E-state index contributed by atoms with van der Waals surface area (Å²) in [4.78, 5) is 18.1. The Labute approximate surface area is 161 Å². The largest absolute Gasteiger partial charge is 0.340 e. The number of hydrogen-bond acceptors (Lipinski definition) is 2. The molecule has 3 nitrogen and oxygen atoms in total. The van der Waals surface area contributed by atoms with Gasteiger partial charge in [-0.2, -0.15) is 0 Å². The number of rotatable bonds is 3. The molecule has 1 saturated heterocycles. The van der Waals surface area contributed by atoms with E-state index in [2.05, 4.69) is 40.1 Å². The highest BCUT2D eigenvalue weighted by molar-refractivity contribution is 6.24. The normalized spacial score (nSPS) is 39.3. The Balaban J connectivity index is 1.24. The van der Waals surface area contributed by atoms with Gasteiger partial charge in [0.2, 0.25) is 5.91 Å². The van der Waals surface area contributed by atoms with E-state index in [-0.39, 0.29) is 10.3 Å². The number of carbonyl (C=O) groups excluding carboxylic acids is 1. The van der Waals surface area contributed by atoms with Crippen LogP contribution >= 0.6 is 11.6 Å². The molecule has 0 spiro atoms. The highest BCUT2D eigenvalue weighted by Gasteiger charge is 2.60. The topological polar surface area (TPSA) is 23.6 Å². The maximum Gasteiger partial charge on any atom is 0.228 e. The minimum Gasteiger partial charge on any atom is -0.340 e. The number of nitrogens with zero attached hydrogens (tertiary/aromatic N) is 2. The third-order valence-electron chi connectivity index (χ3n) is 7.35. The molecule has 1 aromatic carbocycles. The van der Waals surface area contributed by atoms with Crippen molar-refractivity contribution in [2.24, 2.45) is 17.3 Å². The van der Waals surface area contributed by atoms with Gasteiger partial charge in [-0.3, -0.25) is 9.69 Å². The maximum atomic E-state index is 13.5. The number of piperazine rings is 1. The van der Waals surface area contributed by atoms with E-state index in [0.717, 1.165) is 64.8 Å². The summed E-state index contributed by atoms with van der Waals surface area (Å²) in [6, 6.07) is 10.6. The van der Waals surface area contributed by atoms with Gasteiger partial charge in [-0.1, -0.05) is 30.3 Å². The van der Waals surface area contributed by atoms with Crippen molar-refractivity contribution in [3.63, 3.8) is 0 Å². The molecule has 6 rings (SSSR count). The molecule has 2 atom stereocenters. The first-order valence-corrected chi connectivity index (χ1v) is 10.7. The van der Waals surface area contributed by atoms with Crippen molar-refractivity contribution in [1.82, 2.24) is 9.80 Å². The first kappa shape index (κ1) is 17.1. The Morgan fingerprint density at radius 2 is 1.65 bits per heavy atom. The lowest BCUT2D eigenvalue weighted by atomic mass is 9.49. The predicted octanol–water partition coefficient (Wildman–Crippen LogP) is 3.91. The average molecular weight is 373 g/mol. The van der Waals surface area contributed by atoms with Gasteiger partial charge in [-0.05, 0) is 55.9 Å². The van der Waals surface area contributed by atoms with Gasteiger partial charge in [0.1, 0.15) is 0 Å². The van der Waals surface area contributed by atoms with Crippen LogP contribution in [-0.2, 0) is 11.3 Å². The van der Waals surface area contributed by atoms with E-state index in [4.69, 9.17) is 11.6 Å². The van der Waals surface area contributed by atoms with Crippen LogP contribution in [0.2, 0.25) is 0 Å². The molecular formula is C22H29ClN2O. The zero-order chi connectivity index (χ0) is 17.8. The molecule has 4 bridgehead atoms. The lowest BCUT2D eigenvalue weighted by molar-refractivity contribution is -0.157. The molecule has 1 amide bonds. The number of amides is 1. The van der Waals surface area contributed by atoms with Crippen LogP contribution in [-0.4, -0.2) is 46.8 Å². The van der Waals surface area contributed by atoms with Gasteiger partial charge in [0.15, 0.2) is 0 Å². The van der Waals surface area contributed by atoms with E-state index >= 15 is 0 Å². The van der Waals surface area contributed by atoms with E-state index in [9.17, 15) is 4.79 Å². The highest BCUT2D eigenvalue weighted by Crippen LogP contribution is 2.64. The van der Waals surface area contributed by atoms with Gasteiger partial charge in [0.05, 0.1) is 5.41 Å². The van der Waals surface area contributed by atoms with E-state index < -0.39 is 0 Å². The van der Waals surface area contributed by atoms with Crippen molar-refractivity contribution < 1.29 is 4.79 Å². The second-order valence-electron chi connectivity index (χ2n) is 9.45. The molecule has 5 fully saturated rings. The minimum absolute atomic E-state index is 0.0745. The fraction of sp³-hybridized carbons (Fsp3) is 0.682. The lowest BCUT2D eigenvalue weighted by Gasteiger charge is -2.60. The fourth-order valence-corrected chi connectivity index (χ4v) is 7.38. The highest BCUT2D eigenvalue weighted by atomic mass is 35.5. The molecule has 1 aromatic rings. The third-order valence-corrected chi connectivity index (χ3v) is 7.79. The summed E-state index contributed by atoms with van der Waals surface area (Å²) >= 11 is 6.94. The molecule has 0 radical (unpaired) electrons. The fourth-order valence-electron chi connectivity index (χ4n) is 6.69. The Bertz CT molecular complexity index is 669. The SMILES string of the molecule is O=C(N1CCN(Cc2ccccc2)CC1)C12C[C@H]3C[C@@H](CC(Cl)(C3)C1)C2. The van der Waals surface area contributed by atoms with Gasteiger partial charge < -0.3 is 4.90 Å². The van der Waals surface area contributed by atoms with Crippen LogP contribution in [0.3, 0.4) is 0 Å². The third kappa shape index (κ3) is 2.97. The van der Waals surface area contributed by atoms with E-state index in [1.54, 1.807) is 0 Å². The Morgan fingerprint density at radius 3 is 2.27 bits per heavy atom. The molecule has 140 valence electrons. The molecule has 0 N–H and O–H groups in total. The summed E-state index contributed by atoms with van der Waals surface area (Å²) in [5.74, 6) is 1.81. The molecule has 0 unspecified atom stereocenters. The van der Waals surface area contributed by atoms with Crippen molar-refractivity contribution in [1.29, 1.82) is 0 Å². The molecule has 0 aromatic heterocycles. The van der Waals surface area contributed by atoms with Gasteiger partial charge in [0.25, 0.3) is 0 Å². The van der Waals surface area contributed by atoms with Crippen molar-refractivity contribution in [3.8, 4) is 0 Å². The zero-order valence-electron chi connectivity index (χ0n) is 15.5. The second kappa shape index (κ2) is 6.24. The van der Waals surface area contributed by atoms with E-state index in [1.807, 2.05) is 0 Å². The van der Waals surface area contributed by atoms with Crippen LogP contribution in [0.1, 0.15) is 44.1 Å². The Kier molecular flexibility index (Phi) is 4.09. The molecular weight excluding hydrogens is 344 g/mol. The number of alkyl halides is 1. The molecule has 1 heterocycles. The van der Waals surface area contributed by atoms with Crippen LogP contribution in [0.5, 0.6) is 0 Å². The summed E-state index contributed by atoms with van der Waals surface area (Å²) in [7, 11) is 0. The average Bonchev–Trinajstić information content (AvgIpc) is 2.60. The van der Waals surface area contributed by atoms with Crippen LogP contribution in [0.25, 0.3) is 0 Å². The first-order valence-electron chi connectivity index (χ1n) is 10.3. The lowest BCUT2D eigenvalue weighted by Crippen LogP contribution is -2.61. The van der Waals surface area contributed by atoms with E-state index in [1.165, 1.54) is 12.0 Å². The van der Waals surface area contributed by atoms with E-state index in [0.29, 0.717) is 17.7 Å². The molecule has 4 aliphatic carbocycles. The molecule has 5 aliphatic rings. The summed E-state index contributed by atoms with van der Waals surface area (Å²) in [5, 5.41) is 0. The molecule has 1 aliphatic heterocycles. The van der Waals surface area contributed by atoms with Crippen LogP contribution in [0, 0.1) is 17.3 Å². The number of halogens is 1. The van der Waals surface area contributed by atoms with Crippen molar-refractivity contribution >= 4 is 17.5 Å². The molecule has 4 heteroatoms. The van der Waals surface area contributed by atoms with Crippen LogP contribution < -0.4 is 0 Å². The first-order chi connectivity index (χ1) is 12.5. The summed E-state index contributed by atoms with van der Waals surface area (Å²) in [6.07, 6.45) is 6.73. The number of benzene rings is 1. The van der Waals surface area contributed by atoms with Crippen LogP contribution in [0.15, 0.2) is 30.3 Å². The summed E-state index contributed by atoms with van der Waals surface area (Å²) in [5.41, 5.74) is 1.23. The zero-order valence-corrected chi connectivity index (χ0v) is 16.3. The standard InChI is InChI=1S/C22H29ClN2O/c23-22-13-18-10-19(14-22)12-21(11-18,16-22)20(26)25-8-6-24(7-9-25)15-17-4-2-1-3-5-17/h1-5,18-19H,6-16H2/t18-,19-,21?,22?/m1/s1. The monoisotopic (exact) mass is 372 g/mol. The smallest absolute Gasteiger partial charge is 0.228 e. The number of carbonyl (C=O) groups is 1. The minimum atomic E-state index is -0.132. The predicted molar refractivity (Wildman–Crippen MR) is 104 cm³/mol. The second-order valence-corrected chi connectivity index (χ2v) is 10.2. The maximum absolute atomic E-state index is 13.5. The van der Waals surface area contributed by atoms with Crippen molar-refractivity contribution in [2.75, 3.05) is 26.2 Å². The van der Waals surface area contributed by atoms with Crippen LogP contribution in [0.4, 0.5) is 0 Å². The van der Waals surface area contributed by atoms with Gasteiger partial charge in [-0.15, -0.1) is 11.6 Å². The molecule has 4 saturated carbocycles. The Hall–Kier alpha value is -1.06. The summed E-state index contributed by atoms with van der Waals surface area (Å²) < 4.78 is 0. The van der Waals surface area contributed by atoms with Gasteiger partial charge in [-0.25, -0.2) is 0 Å².